The van der Waals surface area contributed by atoms with E-state index in [-0.39, 0.29) is 0 Å². The molecule has 0 radical (unpaired) electrons. The molecule has 0 aliphatic carbocycles. The van der Waals surface area contributed by atoms with Crippen molar-refractivity contribution in [3.8, 4) is 0 Å². The van der Waals surface area contributed by atoms with Gasteiger partial charge in [-0.05, 0) is 13.0 Å². The number of allylic oxidation sites excluding steroid dienone is 5. The molecule has 44 valence electrons. The highest BCUT2D eigenvalue weighted by molar-refractivity contribution is 9.11. The summed E-state index contributed by atoms with van der Waals surface area (Å²) >= 11 is 3.27. The average Bonchev–Trinajstić information content (AvgIpc) is 1.83. The Morgan fingerprint density at radius 3 is 2.62 bits per heavy atom. The Kier molecular flexibility index (Phi) is 4.67. The van der Waals surface area contributed by atoms with Crippen LogP contribution >= 0.6 is 15.9 Å². The Hall–Kier alpha value is -0.300. The van der Waals surface area contributed by atoms with Crippen molar-refractivity contribution in [2.45, 2.75) is 6.92 Å². The molecule has 0 bridgehead atoms. The van der Waals surface area contributed by atoms with Crippen LogP contribution in [-0.4, -0.2) is 0 Å². The molecule has 0 spiro atoms. The highest BCUT2D eigenvalue weighted by Crippen LogP contribution is 2.03. The number of rotatable bonds is 2. The van der Waals surface area contributed by atoms with E-state index in [1.165, 1.54) is 0 Å². The fourth-order valence-electron chi connectivity index (χ4n) is 0.256. The first kappa shape index (κ1) is 7.70. The Morgan fingerprint density at radius 2 is 2.25 bits per heavy atom. The third-order valence-corrected chi connectivity index (χ3v) is 1.23. The lowest BCUT2D eigenvalue weighted by Crippen LogP contribution is -1.54. The van der Waals surface area contributed by atoms with Gasteiger partial charge in [-0.15, -0.1) is 0 Å². The minimum atomic E-state index is 1.01. The maximum absolute atomic E-state index is 3.56. The highest BCUT2D eigenvalue weighted by Gasteiger charge is 1.73. The van der Waals surface area contributed by atoms with Crippen molar-refractivity contribution in [3.63, 3.8) is 0 Å². The van der Waals surface area contributed by atoms with E-state index in [2.05, 4.69) is 22.5 Å². The van der Waals surface area contributed by atoms with Gasteiger partial charge in [-0.2, -0.15) is 0 Å². The number of hydrogen-bond donors (Lipinski definition) is 0. The van der Waals surface area contributed by atoms with Crippen LogP contribution in [0.2, 0.25) is 0 Å². The molecule has 0 unspecified atom stereocenters. The van der Waals surface area contributed by atoms with Gasteiger partial charge < -0.3 is 0 Å². The van der Waals surface area contributed by atoms with Crippen molar-refractivity contribution in [2.75, 3.05) is 0 Å². The molecule has 0 N–H and O–H groups in total. The zero-order valence-electron chi connectivity index (χ0n) is 4.89. The van der Waals surface area contributed by atoms with E-state index in [9.17, 15) is 0 Å². The van der Waals surface area contributed by atoms with E-state index in [4.69, 9.17) is 0 Å². The summed E-state index contributed by atoms with van der Waals surface area (Å²) < 4.78 is 1.01. The molecule has 0 amide bonds. The van der Waals surface area contributed by atoms with Gasteiger partial charge in [-0.3, -0.25) is 0 Å². The summed E-state index contributed by atoms with van der Waals surface area (Å²) in [6, 6.07) is 0. The van der Waals surface area contributed by atoms with Gasteiger partial charge in [0.15, 0.2) is 0 Å². The smallest absolute Gasteiger partial charge is 0.0169 e. The molecule has 0 aromatic heterocycles. The summed E-state index contributed by atoms with van der Waals surface area (Å²) in [6.07, 6.45) is 7.60. The second-order valence-electron chi connectivity index (χ2n) is 1.28. The van der Waals surface area contributed by atoms with Gasteiger partial charge in [0.25, 0.3) is 0 Å². The van der Waals surface area contributed by atoms with Crippen molar-refractivity contribution >= 4 is 15.9 Å². The predicted molar refractivity (Wildman–Crippen MR) is 42.0 cm³/mol. The fraction of sp³-hybridized carbons (Fsp3) is 0.143. The quantitative estimate of drug-likeness (QED) is 0.563. The Bertz CT molecular complexity index is 120. The van der Waals surface area contributed by atoms with Gasteiger partial charge in [0, 0.05) is 4.48 Å². The number of halogens is 1. The average molecular weight is 173 g/mol. The number of hydrogen-bond acceptors (Lipinski definition) is 0. The highest BCUT2D eigenvalue weighted by atomic mass is 79.9. The molecule has 0 aromatic rings. The van der Waals surface area contributed by atoms with Crippen molar-refractivity contribution < 1.29 is 0 Å². The Morgan fingerprint density at radius 1 is 1.62 bits per heavy atom. The van der Waals surface area contributed by atoms with Crippen LogP contribution in [0, 0.1) is 0 Å². The second-order valence-corrected chi connectivity index (χ2v) is 2.20. The zero-order chi connectivity index (χ0) is 6.41. The molecular formula is C7H9Br. The maximum Gasteiger partial charge on any atom is 0.0169 e. The summed E-state index contributed by atoms with van der Waals surface area (Å²) in [6.45, 7) is 5.54. The van der Waals surface area contributed by atoms with Crippen molar-refractivity contribution in [1.29, 1.82) is 0 Å². The van der Waals surface area contributed by atoms with E-state index in [0.717, 1.165) is 4.48 Å². The van der Waals surface area contributed by atoms with E-state index < -0.39 is 0 Å². The molecule has 0 atom stereocenters. The molecule has 0 aliphatic heterocycles. The van der Waals surface area contributed by atoms with Crippen LogP contribution in [-0.2, 0) is 0 Å². The third-order valence-electron chi connectivity index (χ3n) is 0.643. The minimum Gasteiger partial charge on any atom is -0.0979 e. The van der Waals surface area contributed by atoms with Gasteiger partial charge in [-0.1, -0.05) is 40.7 Å². The maximum atomic E-state index is 3.56. The van der Waals surface area contributed by atoms with E-state index in [0.29, 0.717) is 0 Å². The summed E-state index contributed by atoms with van der Waals surface area (Å²) in [5, 5.41) is 0. The lowest BCUT2D eigenvalue weighted by molar-refractivity contribution is 1.73. The Balaban J connectivity index is 3.74. The van der Waals surface area contributed by atoms with Crippen LogP contribution in [0.3, 0.4) is 0 Å². The monoisotopic (exact) mass is 172 g/mol. The topological polar surface area (TPSA) is 0 Å². The van der Waals surface area contributed by atoms with Crippen molar-refractivity contribution in [2.24, 2.45) is 0 Å². The van der Waals surface area contributed by atoms with Gasteiger partial charge >= 0.3 is 0 Å². The van der Waals surface area contributed by atoms with Crippen LogP contribution in [0.5, 0.6) is 0 Å². The van der Waals surface area contributed by atoms with Crippen LogP contribution < -0.4 is 0 Å². The summed E-state index contributed by atoms with van der Waals surface area (Å²) in [5.74, 6) is 0. The van der Waals surface area contributed by atoms with Gasteiger partial charge in [0.05, 0.1) is 0 Å². The lowest BCUT2D eigenvalue weighted by atomic mass is 10.4. The Labute approximate surface area is 58.7 Å². The molecule has 0 aliphatic rings. The van der Waals surface area contributed by atoms with Crippen LogP contribution in [0.4, 0.5) is 0 Å². The second kappa shape index (κ2) is 4.85. The molecule has 0 heterocycles. The van der Waals surface area contributed by atoms with Gasteiger partial charge in [0.1, 0.15) is 0 Å². The van der Waals surface area contributed by atoms with Crippen LogP contribution in [0.15, 0.2) is 35.4 Å². The summed E-state index contributed by atoms with van der Waals surface area (Å²) in [5.41, 5.74) is 0. The molecule has 0 saturated heterocycles. The third kappa shape index (κ3) is 3.88. The molecule has 1 heteroatoms. The van der Waals surface area contributed by atoms with E-state index in [1.54, 1.807) is 6.08 Å². The summed E-state index contributed by atoms with van der Waals surface area (Å²) in [4.78, 5) is 0. The molecule has 8 heavy (non-hydrogen) atoms. The fourth-order valence-corrected chi connectivity index (χ4v) is 0.409. The van der Waals surface area contributed by atoms with Crippen LogP contribution in [0.25, 0.3) is 0 Å². The first-order valence-corrected chi connectivity index (χ1v) is 3.21. The molecule has 0 aromatic carbocycles. The van der Waals surface area contributed by atoms with E-state index >= 15 is 0 Å². The lowest BCUT2D eigenvalue weighted by Gasteiger charge is -1.78. The normalized spacial score (nSPS) is 12.5. The summed E-state index contributed by atoms with van der Waals surface area (Å²) in [7, 11) is 0. The molecule has 0 fully saturated rings. The van der Waals surface area contributed by atoms with Crippen molar-refractivity contribution in [1.82, 2.24) is 0 Å². The predicted octanol–water partition coefficient (Wildman–Crippen LogP) is 3.03. The zero-order valence-corrected chi connectivity index (χ0v) is 6.48. The standard InChI is InChI=1S/C7H9Br/c1-3-5-6-7(8)4-2/h3-6H,2H2,1H3/b5-3+,7-6+. The first-order chi connectivity index (χ1) is 3.81. The minimum absolute atomic E-state index is 1.01. The molecule has 0 nitrogen and oxygen atoms in total. The molecular weight excluding hydrogens is 164 g/mol. The van der Waals surface area contributed by atoms with Gasteiger partial charge in [0.2, 0.25) is 0 Å². The largest absolute Gasteiger partial charge is 0.0979 e. The van der Waals surface area contributed by atoms with Gasteiger partial charge in [-0.25, -0.2) is 0 Å². The van der Waals surface area contributed by atoms with Crippen molar-refractivity contribution in [3.05, 3.63) is 35.4 Å². The molecule has 0 rings (SSSR count). The van der Waals surface area contributed by atoms with Crippen LogP contribution in [0.1, 0.15) is 6.92 Å². The van der Waals surface area contributed by atoms with E-state index in [1.807, 2.05) is 25.2 Å². The first-order valence-electron chi connectivity index (χ1n) is 2.42. The SMILES string of the molecule is C=C/C(Br)=C\C=C\C. The molecule has 0 saturated carbocycles.